The summed E-state index contributed by atoms with van der Waals surface area (Å²) in [6.07, 6.45) is 0.964. The highest BCUT2D eigenvalue weighted by Crippen LogP contribution is 2.25. The Labute approximate surface area is 155 Å². The van der Waals surface area contributed by atoms with Gasteiger partial charge in [0.25, 0.3) is 0 Å². The monoisotopic (exact) mass is 355 g/mol. The second kappa shape index (κ2) is 8.83. The fourth-order valence-electron chi connectivity index (χ4n) is 3.12. The van der Waals surface area contributed by atoms with Crippen molar-refractivity contribution in [2.24, 2.45) is 0 Å². The van der Waals surface area contributed by atoms with Gasteiger partial charge in [-0.05, 0) is 36.3 Å². The Morgan fingerprint density at radius 1 is 1.04 bits per heavy atom. The van der Waals surface area contributed by atoms with Gasteiger partial charge in [-0.15, -0.1) is 0 Å². The highest BCUT2D eigenvalue weighted by molar-refractivity contribution is 7.80. The van der Waals surface area contributed by atoms with Gasteiger partial charge in [0, 0.05) is 6.54 Å². The molecule has 0 amide bonds. The van der Waals surface area contributed by atoms with Crippen LogP contribution < -0.4 is 20.4 Å². The number of benzene rings is 2. The lowest BCUT2D eigenvalue weighted by atomic mass is 10.1. The van der Waals surface area contributed by atoms with Crippen LogP contribution >= 0.6 is 12.2 Å². The summed E-state index contributed by atoms with van der Waals surface area (Å²) in [4.78, 5) is 4.04. The van der Waals surface area contributed by atoms with Crippen molar-refractivity contribution in [1.82, 2.24) is 5.32 Å². The molecule has 1 aliphatic rings. The van der Waals surface area contributed by atoms with E-state index in [-0.39, 0.29) is 0 Å². The van der Waals surface area contributed by atoms with Crippen molar-refractivity contribution in [2.75, 3.05) is 50.0 Å². The van der Waals surface area contributed by atoms with Crippen LogP contribution in [0.3, 0.4) is 0 Å². The van der Waals surface area contributed by atoms with Gasteiger partial charge in [0.15, 0.2) is 5.11 Å². The maximum absolute atomic E-state index is 5.49. The second-order valence-corrected chi connectivity index (χ2v) is 6.99. The van der Waals surface area contributed by atoms with Gasteiger partial charge in [-0.25, -0.2) is 0 Å². The summed E-state index contributed by atoms with van der Waals surface area (Å²) in [6, 6.07) is 18.9. The summed E-state index contributed by atoms with van der Waals surface area (Å²) in [7, 11) is 2.26. The first-order valence-corrected chi connectivity index (χ1v) is 9.37. The molecule has 25 heavy (non-hydrogen) atoms. The summed E-state index contributed by atoms with van der Waals surface area (Å²) in [6.45, 7) is 5.34. The number of quaternary nitrogens is 1. The molecule has 2 aromatic carbocycles. The Kier molecular flexibility index (Phi) is 6.25. The predicted octanol–water partition coefficient (Wildman–Crippen LogP) is 1.55. The molecule has 3 N–H and O–H groups in total. The number of nitrogens with one attached hydrogen (secondary N) is 3. The molecule has 2 aromatic rings. The van der Waals surface area contributed by atoms with Gasteiger partial charge in [-0.3, -0.25) is 0 Å². The summed E-state index contributed by atoms with van der Waals surface area (Å²) >= 11 is 5.49. The topological polar surface area (TPSA) is 31.7 Å². The molecule has 1 aliphatic heterocycles. The zero-order chi connectivity index (χ0) is 17.5. The van der Waals surface area contributed by atoms with Crippen LogP contribution in [-0.4, -0.2) is 44.9 Å². The summed E-state index contributed by atoms with van der Waals surface area (Å²) in [5.74, 6) is 0. The number of para-hydroxylation sites is 2. The second-order valence-electron chi connectivity index (χ2n) is 6.58. The maximum Gasteiger partial charge on any atom is 0.170 e. The molecule has 0 spiro atoms. The quantitative estimate of drug-likeness (QED) is 0.711. The van der Waals surface area contributed by atoms with Gasteiger partial charge in [0.05, 0.1) is 44.6 Å². The number of rotatable bonds is 5. The van der Waals surface area contributed by atoms with E-state index in [1.165, 1.54) is 24.3 Å². The Morgan fingerprint density at radius 2 is 1.72 bits per heavy atom. The summed E-state index contributed by atoms with van der Waals surface area (Å²) < 4.78 is 0. The third kappa shape index (κ3) is 5.18. The van der Waals surface area contributed by atoms with Crippen molar-refractivity contribution in [3.8, 4) is 0 Å². The average Bonchev–Trinajstić information content (AvgIpc) is 2.64. The average molecular weight is 356 g/mol. The first-order valence-electron chi connectivity index (χ1n) is 8.96. The third-order valence-corrected chi connectivity index (χ3v) is 4.90. The predicted molar refractivity (Wildman–Crippen MR) is 110 cm³/mol. The molecular weight excluding hydrogens is 328 g/mol. The summed E-state index contributed by atoms with van der Waals surface area (Å²) in [5, 5.41) is 7.38. The van der Waals surface area contributed by atoms with Crippen LogP contribution in [0.15, 0.2) is 54.6 Å². The largest absolute Gasteiger partial charge is 0.362 e. The minimum Gasteiger partial charge on any atom is -0.362 e. The van der Waals surface area contributed by atoms with E-state index in [1.807, 2.05) is 6.07 Å². The van der Waals surface area contributed by atoms with Crippen molar-refractivity contribution in [3.05, 3.63) is 60.2 Å². The first kappa shape index (κ1) is 17.7. The number of piperazine rings is 1. The molecule has 0 radical (unpaired) electrons. The van der Waals surface area contributed by atoms with Gasteiger partial charge in [0.2, 0.25) is 0 Å². The Hall–Kier alpha value is -2.11. The molecular formula is C20H27N4S+. The fourth-order valence-corrected chi connectivity index (χ4v) is 3.33. The van der Waals surface area contributed by atoms with E-state index in [0.717, 1.165) is 31.7 Å². The van der Waals surface area contributed by atoms with Crippen molar-refractivity contribution < 1.29 is 4.90 Å². The molecule has 3 rings (SSSR count). The molecule has 0 unspecified atom stereocenters. The van der Waals surface area contributed by atoms with Crippen LogP contribution in [0.25, 0.3) is 0 Å². The van der Waals surface area contributed by atoms with Crippen LogP contribution in [0.4, 0.5) is 11.4 Å². The van der Waals surface area contributed by atoms with E-state index in [4.69, 9.17) is 12.2 Å². The Bertz CT molecular complexity index is 681. The molecule has 0 saturated carbocycles. The lowest BCUT2D eigenvalue weighted by molar-refractivity contribution is -0.880. The van der Waals surface area contributed by atoms with Gasteiger partial charge < -0.3 is 20.4 Å². The molecule has 4 nitrogen and oxygen atoms in total. The molecule has 0 aliphatic carbocycles. The van der Waals surface area contributed by atoms with Crippen LogP contribution in [-0.2, 0) is 6.42 Å². The molecule has 132 valence electrons. The zero-order valence-corrected chi connectivity index (χ0v) is 15.6. The summed E-state index contributed by atoms with van der Waals surface area (Å²) in [5.41, 5.74) is 3.64. The van der Waals surface area contributed by atoms with E-state index in [1.54, 1.807) is 4.90 Å². The number of thiocarbonyl (C=S) groups is 1. The minimum absolute atomic E-state index is 0.683. The van der Waals surface area contributed by atoms with Gasteiger partial charge >= 0.3 is 0 Å². The molecule has 5 heteroatoms. The van der Waals surface area contributed by atoms with Crippen molar-refractivity contribution >= 4 is 28.7 Å². The Morgan fingerprint density at radius 3 is 2.48 bits per heavy atom. The van der Waals surface area contributed by atoms with Gasteiger partial charge in [0.1, 0.15) is 0 Å². The normalized spacial score (nSPS) is 15.0. The van der Waals surface area contributed by atoms with Gasteiger partial charge in [-0.2, -0.15) is 0 Å². The number of hydrogen-bond donors (Lipinski definition) is 3. The lowest BCUT2D eigenvalue weighted by Gasteiger charge is -2.33. The number of hydrogen-bond acceptors (Lipinski definition) is 2. The van der Waals surface area contributed by atoms with Crippen LogP contribution in [0, 0.1) is 0 Å². The highest BCUT2D eigenvalue weighted by Gasteiger charge is 2.19. The molecule has 1 heterocycles. The Balaban J connectivity index is 1.54. The zero-order valence-electron chi connectivity index (χ0n) is 14.8. The molecule has 1 saturated heterocycles. The molecule has 0 bridgehead atoms. The third-order valence-electron chi connectivity index (χ3n) is 4.65. The van der Waals surface area contributed by atoms with E-state index < -0.39 is 0 Å². The van der Waals surface area contributed by atoms with E-state index in [9.17, 15) is 0 Å². The van der Waals surface area contributed by atoms with Crippen molar-refractivity contribution in [2.45, 2.75) is 6.42 Å². The highest BCUT2D eigenvalue weighted by atomic mass is 32.1. The SMILES string of the molecule is C[NH+]1CCN(c2ccccc2NC(=S)NCCc2ccccc2)CC1. The van der Waals surface area contributed by atoms with Crippen LogP contribution in [0.2, 0.25) is 0 Å². The van der Waals surface area contributed by atoms with Crippen LogP contribution in [0.1, 0.15) is 5.56 Å². The number of anilines is 2. The van der Waals surface area contributed by atoms with Crippen molar-refractivity contribution in [3.63, 3.8) is 0 Å². The number of nitrogens with zero attached hydrogens (tertiary/aromatic N) is 1. The maximum atomic E-state index is 5.49. The fraction of sp³-hybridized carbons (Fsp3) is 0.350. The van der Waals surface area contributed by atoms with E-state index in [0.29, 0.717) is 5.11 Å². The molecule has 0 aromatic heterocycles. The van der Waals surface area contributed by atoms with Crippen molar-refractivity contribution in [1.29, 1.82) is 0 Å². The smallest absolute Gasteiger partial charge is 0.170 e. The number of likely N-dealkylation sites (N-methyl/N-ethyl adjacent to an activating group) is 1. The van der Waals surface area contributed by atoms with Crippen LogP contribution in [0.5, 0.6) is 0 Å². The standard InChI is InChI=1S/C20H26N4S/c1-23-13-15-24(16-14-23)19-10-6-5-9-18(19)22-20(25)21-12-11-17-7-3-2-4-8-17/h2-10H,11-16H2,1H3,(H2,21,22,25)/p+1. The molecule has 1 fully saturated rings. The minimum atomic E-state index is 0.683. The van der Waals surface area contributed by atoms with E-state index in [2.05, 4.69) is 71.1 Å². The molecule has 0 atom stereocenters. The first-order chi connectivity index (χ1) is 12.2. The van der Waals surface area contributed by atoms with E-state index >= 15 is 0 Å². The lowest BCUT2D eigenvalue weighted by Crippen LogP contribution is -3.12. The van der Waals surface area contributed by atoms with Gasteiger partial charge in [-0.1, -0.05) is 42.5 Å².